The Bertz CT molecular complexity index is 407. The molecule has 4 heteroatoms. The highest BCUT2D eigenvalue weighted by atomic mass is 79.9. The van der Waals surface area contributed by atoms with Gasteiger partial charge in [-0.3, -0.25) is 0 Å². The Labute approximate surface area is 128 Å². The van der Waals surface area contributed by atoms with E-state index in [2.05, 4.69) is 39.9 Å². The van der Waals surface area contributed by atoms with Crippen LogP contribution in [0.1, 0.15) is 37.8 Å². The highest BCUT2D eigenvalue weighted by molar-refractivity contribution is 9.10. The van der Waals surface area contributed by atoms with Crippen LogP contribution >= 0.6 is 27.7 Å². The van der Waals surface area contributed by atoms with Crippen molar-refractivity contribution in [3.05, 3.63) is 28.2 Å². The Morgan fingerprint density at radius 2 is 2.16 bits per heavy atom. The first-order chi connectivity index (χ1) is 9.20. The van der Waals surface area contributed by atoms with Crippen LogP contribution in [0.5, 0.6) is 5.75 Å². The van der Waals surface area contributed by atoms with Crippen LogP contribution in [0.15, 0.2) is 22.7 Å². The molecule has 1 unspecified atom stereocenters. The van der Waals surface area contributed by atoms with Crippen molar-refractivity contribution in [1.29, 1.82) is 0 Å². The van der Waals surface area contributed by atoms with Crippen LogP contribution in [-0.4, -0.2) is 23.2 Å². The lowest BCUT2D eigenvalue weighted by Crippen LogP contribution is -2.29. The number of benzene rings is 1. The second-order valence-electron chi connectivity index (χ2n) is 5.13. The summed E-state index contributed by atoms with van der Waals surface area (Å²) in [6.45, 7) is 3.22. The van der Waals surface area contributed by atoms with E-state index >= 15 is 0 Å². The predicted molar refractivity (Wildman–Crippen MR) is 86.9 cm³/mol. The van der Waals surface area contributed by atoms with Crippen molar-refractivity contribution in [1.82, 2.24) is 5.32 Å². The molecule has 1 aromatic carbocycles. The third kappa shape index (κ3) is 4.40. The molecular formula is C15H22BrNOS. The Morgan fingerprint density at radius 1 is 1.42 bits per heavy atom. The molecule has 1 atom stereocenters. The van der Waals surface area contributed by atoms with Gasteiger partial charge >= 0.3 is 0 Å². The van der Waals surface area contributed by atoms with E-state index < -0.39 is 0 Å². The Balaban J connectivity index is 1.97. The standard InChI is InChI=1S/C15H22BrNOS/c1-2-14(13-9-12(16)3-4-15(13)18)17-10-11-5-7-19-8-6-11/h3-4,9,11,14,17-18H,2,5-8,10H2,1H3. The summed E-state index contributed by atoms with van der Waals surface area (Å²) in [6.07, 6.45) is 3.63. The van der Waals surface area contributed by atoms with E-state index in [0.717, 1.165) is 28.9 Å². The van der Waals surface area contributed by atoms with Gasteiger partial charge < -0.3 is 10.4 Å². The lowest BCUT2D eigenvalue weighted by Gasteiger charge is -2.25. The average Bonchev–Trinajstić information content (AvgIpc) is 2.44. The largest absolute Gasteiger partial charge is 0.508 e. The van der Waals surface area contributed by atoms with Crippen molar-refractivity contribution in [2.24, 2.45) is 5.92 Å². The first kappa shape index (κ1) is 15.2. The van der Waals surface area contributed by atoms with E-state index in [9.17, 15) is 5.11 Å². The SMILES string of the molecule is CCC(NCC1CCSCC1)c1cc(Br)ccc1O. The molecule has 0 amide bonds. The minimum atomic E-state index is 0.243. The molecule has 1 heterocycles. The fourth-order valence-electron chi connectivity index (χ4n) is 2.54. The van der Waals surface area contributed by atoms with Crippen LogP contribution in [0.3, 0.4) is 0 Å². The van der Waals surface area contributed by atoms with Crippen molar-refractivity contribution in [2.75, 3.05) is 18.1 Å². The van der Waals surface area contributed by atoms with Crippen molar-refractivity contribution in [2.45, 2.75) is 32.2 Å². The first-order valence-electron chi connectivity index (χ1n) is 7.00. The van der Waals surface area contributed by atoms with Gasteiger partial charge in [0.2, 0.25) is 0 Å². The van der Waals surface area contributed by atoms with Gasteiger partial charge in [0.25, 0.3) is 0 Å². The second-order valence-corrected chi connectivity index (χ2v) is 7.27. The van der Waals surface area contributed by atoms with Crippen LogP contribution < -0.4 is 5.32 Å². The molecule has 0 radical (unpaired) electrons. The highest BCUT2D eigenvalue weighted by Gasteiger charge is 2.18. The van der Waals surface area contributed by atoms with Crippen molar-refractivity contribution >= 4 is 27.7 Å². The highest BCUT2D eigenvalue weighted by Crippen LogP contribution is 2.30. The molecule has 2 rings (SSSR count). The molecule has 19 heavy (non-hydrogen) atoms. The Morgan fingerprint density at radius 3 is 2.84 bits per heavy atom. The summed E-state index contributed by atoms with van der Waals surface area (Å²) in [4.78, 5) is 0. The quantitative estimate of drug-likeness (QED) is 0.833. The van der Waals surface area contributed by atoms with Crippen LogP contribution in [0.25, 0.3) is 0 Å². The van der Waals surface area contributed by atoms with Gasteiger partial charge in [0, 0.05) is 16.1 Å². The van der Waals surface area contributed by atoms with Crippen molar-refractivity contribution in [3.63, 3.8) is 0 Å². The van der Waals surface area contributed by atoms with Gasteiger partial charge in [-0.05, 0) is 61.4 Å². The summed E-state index contributed by atoms with van der Waals surface area (Å²) >= 11 is 5.55. The Hall–Kier alpha value is -0.190. The maximum absolute atomic E-state index is 10.0. The Kier molecular flexibility index (Phi) is 6.05. The van der Waals surface area contributed by atoms with Crippen LogP contribution in [-0.2, 0) is 0 Å². The number of aromatic hydroxyl groups is 1. The van der Waals surface area contributed by atoms with E-state index in [-0.39, 0.29) is 6.04 Å². The fraction of sp³-hybridized carbons (Fsp3) is 0.600. The number of halogens is 1. The lowest BCUT2D eigenvalue weighted by atomic mass is 9.99. The van der Waals surface area contributed by atoms with Crippen LogP contribution in [0.2, 0.25) is 0 Å². The third-order valence-corrected chi connectivity index (χ3v) is 5.31. The van der Waals surface area contributed by atoms with E-state index in [1.54, 1.807) is 6.07 Å². The number of phenolic OH excluding ortho intramolecular Hbond substituents is 1. The summed E-state index contributed by atoms with van der Waals surface area (Å²) in [6, 6.07) is 5.91. The zero-order valence-electron chi connectivity index (χ0n) is 11.4. The van der Waals surface area contributed by atoms with Gasteiger partial charge in [-0.1, -0.05) is 22.9 Å². The molecular weight excluding hydrogens is 322 g/mol. The van der Waals surface area contributed by atoms with Crippen molar-refractivity contribution < 1.29 is 5.11 Å². The van der Waals surface area contributed by atoms with E-state index in [0.29, 0.717) is 5.75 Å². The molecule has 1 aromatic rings. The van der Waals surface area contributed by atoms with Gasteiger partial charge in [-0.25, -0.2) is 0 Å². The molecule has 0 bridgehead atoms. The number of hydrogen-bond donors (Lipinski definition) is 2. The summed E-state index contributed by atoms with van der Waals surface area (Å²) in [5.41, 5.74) is 1.00. The van der Waals surface area contributed by atoms with E-state index in [4.69, 9.17) is 0 Å². The molecule has 1 fully saturated rings. The van der Waals surface area contributed by atoms with Gasteiger partial charge in [0.05, 0.1) is 0 Å². The number of phenols is 1. The van der Waals surface area contributed by atoms with Gasteiger partial charge in [0.15, 0.2) is 0 Å². The summed E-state index contributed by atoms with van der Waals surface area (Å²) in [7, 11) is 0. The summed E-state index contributed by atoms with van der Waals surface area (Å²) in [5, 5.41) is 13.6. The molecule has 0 spiro atoms. The number of hydrogen-bond acceptors (Lipinski definition) is 3. The molecule has 106 valence electrons. The van der Waals surface area contributed by atoms with Gasteiger partial charge in [-0.2, -0.15) is 11.8 Å². The molecule has 1 aliphatic rings. The van der Waals surface area contributed by atoms with E-state index in [1.807, 2.05) is 12.1 Å². The molecule has 0 aliphatic carbocycles. The smallest absolute Gasteiger partial charge is 0.120 e. The molecule has 1 aliphatic heterocycles. The first-order valence-corrected chi connectivity index (χ1v) is 8.95. The summed E-state index contributed by atoms with van der Waals surface area (Å²) < 4.78 is 1.02. The summed E-state index contributed by atoms with van der Waals surface area (Å²) in [5.74, 6) is 3.78. The van der Waals surface area contributed by atoms with Crippen molar-refractivity contribution in [3.8, 4) is 5.75 Å². The molecule has 1 saturated heterocycles. The normalized spacial score (nSPS) is 18.4. The zero-order valence-corrected chi connectivity index (χ0v) is 13.8. The second kappa shape index (κ2) is 7.55. The van der Waals surface area contributed by atoms with Crippen LogP contribution in [0, 0.1) is 5.92 Å². The van der Waals surface area contributed by atoms with Gasteiger partial charge in [-0.15, -0.1) is 0 Å². The minimum Gasteiger partial charge on any atom is -0.508 e. The topological polar surface area (TPSA) is 32.3 Å². The molecule has 2 nitrogen and oxygen atoms in total. The fourth-order valence-corrected chi connectivity index (χ4v) is 4.12. The maximum Gasteiger partial charge on any atom is 0.120 e. The van der Waals surface area contributed by atoms with Crippen LogP contribution in [0.4, 0.5) is 0 Å². The number of rotatable bonds is 5. The minimum absolute atomic E-state index is 0.243. The third-order valence-electron chi connectivity index (χ3n) is 3.77. The molecule has 0 saturated carbocycles. The predicted octanol–water partition coefficient (Wildman–Crippen LogP) is 4.34. The number of nitrogens with one attached hydrogen (secondary N) is 1. The maximum atomic E-state index is 10.0. The molecule has 0 aromatic heterocycles. The zero-order chi connectivity index (χ0) is 13.7. The molecule has 2 N–H and O–H groups in total. The lowest BCUT2D eigenvalue weighted by molar-refractivity contribution is 0.392. The average molecular weight is 344 g/mol. The van der Waals surface area contributed by atoms with E-state index in [1.165, 1.54) is 24.3 Å². The number of thioether (sulfide) groups is 1. The monoisotopic (exact) mass is 343 g/mol. The van der Waals surface area contributed by atoms with Gasteiger partial charge in [0.1, 0.15) is 5.75 Å².